The van der Waals surface area contributed by atoms with Crippen LogP contribution in [-0.4, -0.2) is 73.3 Å². The second kappa shape index (κ2) is 10.5. The molecule has 0 amide bonds. The number of benzene rings is 1. The van der Waals surface area contributed by atoms with E-state index in [-0.39, 0.29) is 11.6 Å². The number of anilines is 1. The maximum absolute atomic E-state index is 13.7. The lowest BCUT2D eigenvalue weighted by Gasteiger charge is -2.28. The van der Waals surface area contributed by atoms with E-state index in [9.17, 15) is 19.6 Å². The summed E-state index contributed by atoms with van der Waals surface area (Å²) in [6, 6.07) is 7.15. The van der Waals surface area contributed by atoms with Gasteiger partial charge in [0.15, 0.2) is 17.7 Å². The van der Waals surface area contributed by atoms with Crippen molar-refractivity contribution in [2.24, 2.45) is 0 Å². The van der Waals surface area contributed by atoms with Crippen molar-refractivity contribution in [1.82, 2.24) is 24.6 Å². The van der Waals surface area contributed by atoms with Crippen LogP contribution in [0.5, 0.6) is 5.75 Å². The second-order valence-corrected chi connectivity index (χ2v) is 9.79. The summed E-state index contributed by atoms with van der Waals surface area (Å²) in [5, 5.41) is 24.0. The molecule has 1 aliphatic heterocycles. The van der Waals surface area contributed by atoms with E-state index in [1.165, 1.54) is 38.2 Å². The fraction of sp³-hybridized carbons (Fsp3) is 0.429. The van der Waals surface area contributed by atoms with E-state index in [1.54, 1.807) is 30.3 Å². The van der Waals surface area contributed by atoms with Gasteiger partial charge in [-0.25, -0.2) is 19.5 Å². The molecule has 1 aromatic carbocycles. The monoisotopic (exact) mass is 522 g/mol. The third-order valence-corrected chi connectivity index (χ3v) is 7.34. The Morgan fingerprint density at radius 3 is 2.61 bits per heavy atom. The molecule has 0 saturated carbocycles. The first-order chi connectivity index (χ1) is 17.1. The number of rotatable bonds is 9. The average Bonchev–Trinajstić information content (AvgIpc) is 3.40. The molecule has 4 rings (SSSR count). The molecule has 7 atom stereocenters. The number of fused-ring (bicyclic) bond motifs is 1. The number of nitrogens with one attached hydrogen (secondary N) is 1. The largest absolute Gasteiger partial charge is 0.468 e. The lowest BCUT2D eigenvalue weighted by atomic mass is 10.1. The molecule has 2 aromatic heterocycles. The minimum atomic E-state index is -4.22. The molecule has 14 nitrogen and oxygen atoms in total. The minimum absolute atomic E-state index is 0.143. The number of aliphatic hydroxyl groups excluding tert-OH is 2. The van der Waals surface area contributed by atoms with E-state index in [0.717, 1.165) is 0 Å². The number of nitrogens with zero attached hydrogens (tertiary/aromatic N) is 4. The van der Waals surface area contributed by atoms with Gasteiger partial charge in [0.25, 0.3) is 0 Å². The smallest absolute Gasteiger partial charge is 0.459 e. The van der Waals surface area contributed by atoms with Crippen LogP contribution in [0, 0.1) is 0 Å². The number of aliphatic hydroxyl groups is 2. The Morgan fingerprint density at radius 1 is 1.19 bits per heavy atom. The van der Waals surface area contributed by atoms with E-state index < -0.39 is 50.4 Å². The van der Waals surface area contributed by atoms with Crippen molar-refractivity contribution in [3.05, 3.63) is 43.0 Å². The van der Waals surface area contributed by atoms with Gasteiger partial charge in [0, 0.05) is 0 Å². The van der Waals surface area contributed by atoms with Gasteiger partial charge < -0.3 is 29.9 Å². The molecule has 0 spiro atoms. The highest BCUT2D eigenvalue weighted by molar-refractivity contribution is 7.52. The predicted molar refractivity (Wildman–Crippen MR) is 125 cm³/mol. The maximum atomic E-state index is 13.7. The summed E-state index contributed by atoms with van der Waals surface area (Å²) in [7, 11) is -3.03. The number of hydrogen-bond donors (Lipinski definition) is 4. The molecule has 0 unspecified atom stereocenters. The Hall–Kier alpha value is -3.13. The number of hydrogen-bond acceptors (Lipinski definition) is 12. The van der Waals surface area contributed by atoms with Crippen LogP contribution in [0.3, 0.4) is 0 Å². The third-order valence-electron chi connectivity index (χ3n) is 5.58. The zero-order chi connectivity index (χ0) is 26.0. The molecular weight excluding hydrogens is 495 g/mol. The number of nitrogen functional groups attached to an aromatic ring is 1. The summed E-state index contributed by atoms with van der Waals surface area (Å²) in [6.07, 6.45) is -3.59. The summed E-state index contributed by atoms with van der Waals surface area (Å²) in [5.41, 5.74) is 6.42. The van der Waals surface area contributed by atoms with Crippen molar-refractivity contribution < 1.29 is 38.1 Å². The topological polar surface area (TPSA) is 193 Å². The van der Waals surface area contributed by atoms with Gasteiger partial charge in [-0.2, -0.15) is 5.09 Å². The molecule has 194 valence electrons. The number of nitrogens with two attached hydrogens (primary N) is 1. The summed E-state index contributed by atoms with van der Waals surface area (Å²) in [5.74, 6) is -0.334. The van der Waals surface area contributed by atoms with E-state index in [2.05, 4.69) is 24.8 Å². The maximum Gasteiger partial charge on any atom is 0.459 e. The molecule has 1 fully saturated rings. The first-order valence-corrected chi connectivity index (χ1v) is 12.5. The highest BCUT2D eigenvalue weighted by atomic mass is 31.2. The van der Waals surface area contributed by atoms with Crippen LogP contribution >= 0.6 is 7.75 Å². The van der Waals surface area contributed by atoms with Gasteiger partial charge in [-0.15, -0.1) is 0 Å². The van der Waals surface area contributed by atoms with Gasteiger partial charge in [-0.1, -0.05) is 18.2 Å². The van der Waals surface area contributed by atoms with Crippen LogP contribution in [0.2, 0.25) is 0 Å². The summed E-state index contributed by atoms with van der Waals surface area (Å²) >= 11 is 0. The number of esters is 1. The Labute approximate surface area is 206 Å². The molecule has 0 aliphatic carbocycles. The van der Waals surface area contributed by atoms with Crippen LogP contribution in [-0.2, 0) is 23.4 Å². The fourth-order valence-corrected chi connectivity index (χ4v) is 5.50. The van der Waals surface area contributed by atoms with Crippen molar-refractivity contribution >= 4 is 30.7 Å². The highest BCUT2D eigenvalue weighted by Gasteiger charge is 2.49. The zero-order valence-electron chi connectivity index (χ0n) is 19.7. The Morgan fingerprint density at radius 2 is 1.92 bits per heavy atom. The Bertz CT molecular complexity index is 1260. The lowest BCUT2D eigenvalue weighted by molar-refractivity contribution is -0.142. The van der Waals surface area contributed by atoms with Crippen molar-refractivity contribution in [1.29, 1.82) is 0 Å². The first-order valence-electron chi connectivity index (χ1n) is 11.0. The molecule has 15 heteroatoms. The molecule has 1 aliphatic rings. The van der Waals surface area contributed by atoms with Gasteiger partial charge in [0.2, 0.25) is 0 Å². The zero-order valence-corrected chi connectivity index (χ0v) is 20.6. The molecule has 36 heavy (non-hydrogen) atoms. The van der Waals surface area contributed by atoms with Gasteiger partial charge >= 0.3 is 13.7 Å². The first kappa shape index (κ1) is 25.9. The fourth-order valence-electron chi connectivity index (χ4n) is 3.80. The normalized spacial score (nSPS) is 25.2. The standard InChI is InChI=1S/C21H27N6O8P/c1-11(21(30)32-3)26-36(31,35-13-7-5-4-6-8-13)34-12(2)17-15(28)16(29)20(33-17)27-10-25-14-18(22)23-9-24-19(14)27/h4-12,15-17,20,28-29H,1-3H3,(H,26,31)(H2,22,23,24)/t11-,12-,15-,16+,17+,20+,36+/m0/s1. The quantitative estimate of drug-likeness (QED) is 0.228. The number of carbonyl (C=O) groups excluding carboxylic acids is 1. The summed E-state index contributed by atoms with van der Waals surface area (Å²) in [6.45, 7) is 2.92. The number of imidazole rings is 1. The molecule has 3 heterocycles. The molecular formula is C21H27N6O8P. The van der Waals surface area contributed by atoms with Crippen LogP contribution < -0.4 is 15.3 Å². The van der Waals surface area contributed by atoms with Gasteiger partial charge in [0.05, 0.1) is 19.5 Å². The second-order valence-electron chi connectivity index (χ2n) is 8.14. The van der Waals surface area contributed by atoms with Crippen LogP contribution in [0.15, 0.2) is 43.0 Å². The van der Waals surface area contributed by atoms with Gasteiger partial charge in [0.1, 0.15) is 41.9 Å². The van der Waals surface area contributed by atoms with Crippen molar-refractivity contribution in [3.63, 3.8) is 0 Å². The van der Waals surface area contributed by atoms with Crippen molar-refractivity contribution in [2.45, 2.75) is 50.5 Å². The van der Waals surface area contributed by atoms with Crippen molar-refractivity contribution in [2.75, 3.05) is 12.8 Å². The third kappa shape index (κ3) is 5.19. The summed E-state index contributed by atoms with van der Waals surface area (Å²) in [4.78, 5) is 24.1. The Balaban J connectivity index is 1.56. The lowest BCUT2D eigenvalue weighted by Crippen LogP contribution is -2.41. The molecule has 0 radical (unpaired) electrons. The van der Waals surface area contributed by atoms with E-state index in [4.69, 9.17) is 19.5 Å². The van der Waals surface area contributed by atoms with Crippen LogP contribution in [0.25, 0.3) is 11.2 Å². The van der Waals surface area contributed by atoms with E-state index in [1.807, 2.05) is 0 Å². The van der Waals surface area contributed by atoms with E-state index >= 15 is 0 Å². The molecule has 0 bridgehead atoms. The number of para-hydroxylation sites is 1. The predicted octanol–water partition coefficient (Wildman–Crippen LogP) is 0.771. The van der Waals surface area contributed by atoms with Gasteiger partial charge in [-0.05, 0) is 26.0 Å². The number of aromatic nitrogens is 4. The molecule has 3 aromatic rings. The Kier molecular flexibility index (Phi) is 7.54. The minimum Gasteiger partial charge on any atom is -0.468 e. The summed E-state index contributed by atoms with van der Waals surface area (Å²) < 4.78 is 37.0. The van der Waals surface area contributed by atoms with Crippen LogP contribution in [0.1, 0.15) is 20.1 Å². The van der Waals surface area contributed by atoms with Crippen LogP contribution in [0.4, 0.5) is 5.82 Å². The molecule has 1 saturated heterocycles. The SMILES string of the molecule is COC(=O)[C@H](C)N[P@](=O)(Oc1ccccc1)O[C@@H](C)[C@H]1O[C@@H](n2cnc3c(N)ncnc32)[C@H](O)[C@@H]1O. The van der Waals surface area contributed by atoms with Gasteiger partial charge in [-0.3, -0.25) is 13.9 Å². The molecule has 5 N–H and O–H groups in total. The highest BCUT2D eigenvalue weighted by Crippen LogP contribution is 2.48. The average molecular weight is 522 g/mol. The van der Waals surface area contributed by atoms with Crippen molar-refractivity contribution in [3.8, 4) is 5.75 Å². The number of carbonyl (C=O) groups is 1. The van der Waals surface area contributed by atoms with E-state index in [0.29, 0.717) is 11.2 Å². The number of methoxy groups -OCH3 is 1. The number of ether oxygens (including phenoxy) is 2.